The van der Waals surface area contributed by atoms with Crippen LogP contribution < -0.4 is 4.74 Å². The Labute approximate surface area is 108 Å². The standard InChI is InChI=1S/C13H19ClN2O/c1-13(2,3)12-15-10(14)8-11(16-12)17-7-6-9-4-5-9/h8-9H,4-7H2,1-3H3. The number of nitrogens with zero attached hydrogens (tertiary/aromatic N) is 2. The van der Waals surface area contributed by atoms with Crippen molar-refractivity contribution in [2.45, 2.75) is 45.4 Å². The van der Waals surface area contributed by atoms with E-state index in [4.69, 9.17) is 16.3 Å². The van der Waals surface area contributed by atoms with E-state index in [-0.39, 0.29) is 5.41 Å². The van der Waals surface area contributed by atoms with Crippen molar-refractivity contribution in [3.63, 3.8) is 0 Å². The summed E-state index contributed by atoms with van der Waals surface area (Å²) >= 11 is 5.98. The number of rotatable bonds is 4. The van der Waals surface area contributed by atoms with Gasteiger partial charge in [0, 0.05) is 11.5 Å². The highest BCUT2D eigenvalue weighted by Crippen LogP contribution is 2.32. The van der Waals surface area contributed by atoms with Crippen molar-refractivity contribution < 1.29 is 4.74 Å². The normalized spacial score (nSPS) is 16.0. The van der Waals surface area contributed by atoms with Crippen molar-refractivity contribution in [2.75, 3.05) is 6.61 Å². The molecular formula is C13H19ClN2O. The van der Waals surface area contributed by atoms with Crippen molar-refractivity contribution in [3.05, 3.63) is 17.0 Å². The maximum Gasteiger partial charge on any atom is 0.218 e. The van der Waals surface area contributed by atoms with Gasteiger partial charge < -0.3 is 4.74 Å². The molecule has 0 unspecified atom stereocenters. The van der Waals surface area contributed by atoms with Crippen LogP contribution in [0.4, 0.5) is 0 Å². The summed E-state index contributed by atoms with van der Waals surface area (Å²) in [6.45, 7) is 6.91. The van der Waals surface area contributed by atoms with Crippen molar-refractivity contribution in [1.82, 2.24) is 9.97 Å². The summed E-state index contributed by atoms with van der Waals surface area (Å²) in [7, 11) is 0. The van der Waals surface area contributed by atoms with E-state index >= 15 is 0 Å². The Kier molecular flexibility index (Phi) is 3.57. The van der Waals surface area contributed by atoms with Crippen LogP contribution in [0, 0.1) is 5.92 Å². The maximum atomic E-state index is 5.98. The summed E-state index contributed by atoms with van der Waals surface area (Å²) in [6.07, 6.45) is 3.81. The van der Waals surface area contributed by atoms with Crippen molar-refractivity contribution in [2.24, 2.45) is 5.92 Å². The molecule has 0 bridgehead atoms. The predicted molar refractivity (Wildman–Crippen MR) is 68.6 cm³/mol. The summed E-state index contributed by atoms with van der Waals surface area (Å²) in [5.41, 5.74) is -0.112. The van der Waals surface area contributed by atoms with Crippen LogP contribution in [0.3, 0.4) is 0 Å². The number of aromatic nitrogens is 2. The van der Waals surface area contributed by atoms with Gasteiger partial charge in [0.1, 0.15) is 11.0 Å². The molecule has 17 heavy (non-hydrogen) atoms. The Bertz CT molecular complexity index is 397. The van der Waals surface area contributed by atoms with Crippen LogP contribution in [0.5, 0.6) is 5.88 Å². The van der Waals surface area contributed by atoms with Gasteiger partial charge in [0.25, 0.3) is 0 Å². The molecule has 0 N–H and O–H groups in total. The summed E-state index contributed by atoms with van der Waals surface area (Å²) < 4.78 is 5.64. The monoisotopic (exact) mass is 254 g/mol. The fourth-order valence-corrected chi connectivity index (χ4v) is 1.72. The van der Waals surface area contributed by atoms with Gasteiger partial charge in [-0.2, -0.15) is 4.98 Å². The molecule has 0 radical (unpaired) electrons. The molecule has 1 aromatic rings. The van der Waals surface area contributed by atoms with E-state index in [2.05, 4.69) is 30.7 Å². The molecule has 1 aromatic heterocycles. The SMILES string of the molecule is CC(C)(C)c1nc(Cl)cc(OCCC2CC2)n1. The molecule has 1 aliphatic rings. The van der Waals surface area contributed by atoms with Gasteiger partial charge >= 0.3 is 0 Å². The predicted octanol–water partition coefficient (Wildman–Crippen LogP) is 3.61. The van der Waals surface area contributed by atoms with Gasteiger partial charge in [-0.25, -0.2) is 4.98 Å². The van der Waals surface area contributed by atoms with Crippen LogP contribution in [0.25, 0.3) is 0 Å². The Hall–Kier alpha value is -0.830. The molecule has 0 aliphatic heterocycles. The maximum absolute atomic E-state index is 5.98. The number of halogens is 1. The van der Waals surface area contributed by atoms with Gasteiger partial charge in [-0.3, -0.25) is 0 Å². The van der Waals surface area contributed by atoms with E-state index in [1.165, 1.54) is 12.8 Å². The summed E-state index contributed by atoms with van der Waals surface area (Å²) in [4.78, 5) is 8.64. The molecule has 0 spiro atoms. The third-order valence-electron chi connectivity index (χ3n) is 2.82. The molecule has 1 saturated carbocycles. The minimum absolute atomic E-state index is 0.112. The van der Waals surface area contributed by atoms with E-state index in [9.17, 15) is 0 Å². The molecule has 0 atom stereocenters. The zero-order valence-corrected chi connectivity index (χ0v) is 11.4. The summed E-state index contributed by atoms with van der Waals surface area (Å²) in [5, 5.41) is 0.450. The van der Waals surface area contributed by atoms with Crippen molar-refractivity contribution in [3.8, 4) is 5.88 Å². The highest BCUT2D eigenvalue weighted by Gasteiger charge is 2.22. The van der Waals surface area contributed by atoms with Crippen LogP contribution in [0.2, 0.25) is 5.15 Å². The second-order valence-corrected chi connectivity index (χ2v) is 6.07. The third-order valence-corrected chi connectivity index (χ3v) is 3.01. The second kappa shape index (κ2) is 4.81. The first-order chi connectivity index (χ1) is 7.95. The fraction of sp³-hybridized carbons (Fsp3) is 0.692. The average Bonchev–Trinajstić information content (AvgIpc) is 2.99. The Morgan fingerprint density at radius 1 is 1.35 bits per heavy atom. The molecule has 4 heteroatoms. The first kappa shape index (κ1) is 12.6. The summed E-state index contributed by atoms with van der Waals surface area (Å²) in [5.74, 6) is 2.19. The highest BCUT2D eigenvalue weighted by molar-refractivity contribution is 6.29. The van der Waals surface area contributed by atoms with Gasteiger partial charge in [0.05, 0.1) is 6.61 Å². The minimum Gasteiger partial charge on any atom is -0.478 e. The molecule has 0 saturated heterocycles. The van der Waals surface area contributed by atoms with Crippen molar-refractivity contribution in [1.29, 1.82) is 0 Å². The lowest BCUT2D eigenvalue weighted by Crippen LogP contribution is -2.16. The van der Waals surface area contributed by atoms with Crippen LogP contribution in [0.1, 0.15) is 45.9 Å². The van der Waals surface area contributed by atoms with Crippen LogP contribution in [-0.2, 0) is 5.41 Å². The van der Waals surface area contributed by atoms with Crippen LogP contribution in [-0.4, -0.2) is 16.6 Å². The smallest absolute Gasteiger partial charge is 0.218 e. The summed E-state index contributed by atoms with van der Waals surface area (Å²) in [6, 6.07) is 1.68. The minimum atomic E-state index is -0.112. The van der Waals surface area contributed by atoms with E-state index in [0.717, 1.165) is 24.8 Å². The lowest BCUT2D eigenvalue weighted by atomic mass is 9.96. The van der Waals surface area contributed by atoms with E-state index in [0.29, 0.717) is 11.0 Å². The zero-order valence-electron chi connectivity index (χ0n) is 10.7. The first-order valence-electron chi connectivity index (χ1n) is 6.13. The van der Waals surface area contributed by atoms with Crippen LogP contribution >= 0.6 is 11.6 Å². The molecule has 94 valence electrons. The molecule has 2 rings (SSSR count). The lowest BCUT2D eigenvalue weighted by molar-refractivity contribution is 0.288. The topological polar surface area (TPSA) is 35.0 Å². The molecule has 3 nitrogen and oxygen atoms in total. The molecule has 1 fully saturated rings. The molecule has 0 aromatic carbocycles. The van der Waals surface area contributed by atoms with E-state index < -0.39 is 0 Å². The van der Waals surface area contributed by atoms with E-state index in [1.54, 1.807) is 6.07 Å². The molecule has 1 aliphatic carbocycles. The fourth-order valence-electron chi connectivity index (χ4n) is 1.54. The Morgan fingerprint density at radius 2 is 2.06 bits per heavy atom. The quantitative estimate of drug-likeness (QED) is 0.770. The molecule has 0 amide bonds. The van der Waals surface area contributed by atoms with E-state index in [1.807, 2.05) is 0 Å². The largest absolute Gasteiger partial charge is 0.478 e. The number of hydrogen-bond acceptors (Lipinski definition) is 3. The Morgan fingerprint density at radius 3 is 2.65 bits per heavy atom. The third kappa shape index (κ3) is 3.84. The molecular weight excluding hydrogens is 236 g/mol. The number of hydrogen-bond donors (Lipinski definition) is 0. The Balaban J connectivity index is 2.02. The van der Waals surface area contributed by atoms with Crippen molar-refractivity contribution >= 4 is 11.6 Å². The van der Waals surface area contributed by atoms with Crippen LogP contribution in [0.15, 0.2) is 6.07 Å². The van der Waals surface area contributed by atoms with Gasteiger partial charge in [0.15, 0.2) is 0 Å². The molecule has 1 heterocycles. The van der Waals surface area contributed by atoms with Gasteiger partial charge in [-0.05, 0) is 12.3 Å². The number of ether oxygens (including phenoxy) is 1. The van der Waals surface area contributed by atoms with Gasteiger partial charge in [0.2, 0.25) is 5.88 Å². The van der Waals surface area contributed by atoms with Gasteiger partial charge in [-0.15, -0.1) is 0 Å². The second-order valence-electron chi connectivity index (χ2n) is 5.68. The average molecular weight is 255 g/mol. The van der Waals surface area contributed by atoms with Gasteiger partial charge in [-0.1, -0.05) is 45.2 Å². The first-order valence-corrected chi connectivity index (χ1v) is 6.51. The zero-order chi connectivity index (χ0) is 12.5. The highest BCUT2D eigenvalue weighted by atomic mass is 35.5. The lowest BCUT2D eigenvalue weighted by Gasteiger charge is -2.17.